The summed E-state index contributed by atoms with van der Waals surface area (Å²) in [5, 5.41) is 3.54. The molecule has 1 aliphatic carbocycles. The molecule has 1 saturated carbocycles. The lowest BCUT2D eigenvalue weighted by molar-refractivity contribution is -0.0210. The van der Waals surface area contributed by atoms with Gasteiger partial charge in [0.1, 0.15) is 5.60 Å². The Bertz CT molecular complexity index is 444. The van der Waals surface area contributed by atoms with Gasteiger partial charge in [0, 0.05) is 24.0 Å². The van der Waals surface area contributed by atoms with Crippen molar-refractivity contribution in [1.82, 2.24) is 15.3 Å². The van der Waals surface area contributed by atoms with Gasteiger partial charge < -0.3 is 10.1 Å². The van der Waals surface area contributed by atoms with E-state index in [1.807, 2.05) is 20.8 Å². The van der Waals surface area contributed by atoms with Crippen molar-refractivity contribution in [2.24, 2.45) is 0 Å². The van der Waals surface area contributed by atoms with Crippen molar-refractivity contribution in [2.75, 3.05) is 13.2 Å². The Kier molecular flexibility index (Phi) is 4.76. The second kappa shape index (κ2) is 6.19. The maximum Gasteiger partial charge on any atom is 0.160 e. The number of aromatic nitrogens is 2. The van der Waals surface area contributed by atoms with Gasteiger partial charge in [-0.3, -0.25) is 0 Å². The highest BCUT2D eigenvalue weighted by Gasteiger charge is 2.26. The van der Waals surface area contributed by atoms with E-state index >= 15 is 0 Å². The lowest BCUT2D eigenvalue weighted by Crippen LogP contribution is -2.27. The van der Waals surface area contributed by atoms with Gasteiger partial charge in [0.2, 0.25) is 0 Å². The summed E-state index contributed by atoms with van der Waals surface area (Å²) in [5.74, 6) is 0.785. The number of nitrogens with zero attached hydrogens (tertiary/aromatic N) is 2. The molecule has 4 nitrogen and oxygen atoms in total. The fourth-order valence-corrected chi connectivity index (χ4v) is 2.48. The van der Waals surface area contributed by atoms with Crippen LogP contribution in [0.15, 0.2) is 0 Å². The summed E-state index contributed by atoms with van der Waals surface area (Å²) in [6.07, 6.45) is 3.66. The van der Waals surface area contributed by atoms with Crippen LogP contribution in [0, 0.1) is 13.8 Å². The number of rotatable bonds is 7. The van der Waals surface area contributed by atoms with Gasteiger partial charge >= 0.3 is 0 Å². The second-order valence-electron chi connectivity index (χ2n) is 6.12. The molecule has 2 rings (SSSR count). The SMILES string of the molecule is CCOC(C)(C)c1nc(C)c(CCNC2CC2)c(C)n1. The molecule has 1 fully saturated rings. The number of hydrogen-bond acceptors (Lipinski definition) is 4. The van der Waals surface area contributed by atoms with Gasteiger partial charge in [-0.1, -0.05) is 0 Å². The van der Waals surface area contributed by atoms with E-state index in [1.54, 1.807) is 0 Å². The molecule has 0 amide bonds. The first kappa shape index (κ1) is 15.4. The fraction of sp³-hybridized carbons (Fsp3) is 0.750. The van der Waals surface area contributed by atoms with Crippen molar-refractivity contribution in [3.63, 3.8) is 0 Å². The third-order valence-corrected chi connectivity index (χ3v) is 3.85. The van der Waals surface area contributed by atoms with Crippen LogP contribution in [0.4, 0.5) is 0 Å². The van der Waals surface area contributed by atoms with Crippen LogP contribution in [-0.4, -0.2) is 29.2 Å². The summed E-state index contributed by atoms with van der Waals surface area (Å²) in [5.41, 5.74) is 3.01. The Morgan fingerprint density at radius 2 is 1.80 bits per heavy atom. The molecule has 0 unspecified atom stereocenters. The Hall–Kier alpha value is -1.00. The van der Waals surface area contributed by atoms with Crippen LogP contribution in [0.1, 0.15) is 56.4 Å². The van der Waals surface area contributed by atoms with Crippen LogP contribution in [0.5, 0.6) is 0 Å². The smallest absolute Gasteiger partial charge is 0.160 e. The number of nitrogens with one attached hydrogen (secondary N) is 1. The summed E-state index contributed by atoms with van der Waals surface area (Å²) < 4.78 is 5.75. The molecule has 0 atom stereocenters. The molecule has 20 heavy (non-hydrogen) atoms. The Balaban J connectivity index is 2.10. The van der Waals surface area contributed by atoms with E-state index in [9.17, 15) is 0 Å². The molecule has 0 aliphatic heterocycles. The zero-order valence-electron chi connectivity index (χ0n) is 13.4. The van der Waals surface area contributed by atoms with Crippen LogP contribution in [0.2, 0.25) is 0 Å². The summed E-state index contributed by atoms with van der Waals surface area (Å²) >= 11 is 0. The lowest BCUT2D eigenvalue weighted by atomic mass is 10.1. The van der Waals surface area contributed by atoms with E-state index in [2.05, 4.69) is 29.1 Å². The summed E-state index contributed by atoms with van der Waals surface area (Å²) in [4.78, 5) is 9.35. The van der Waals surface area contributed by atoms with Gasteiger partial charge in [-0.2, -0.15) is 0 Å². The maximum absolute atomic E-state index is 5.75. The van der Waals surface area contributed by atoms with Crippen LogP contribution in [0.3, 0.4) is 0 Å². The topological polar surface area (TPSA) is 47.0 Å². The molecule has 0 saturated heterocycles. The molecule has 112 valence electrons. The van der Waals surface area contributed by atoms with E-state index in [1.165, 1.54) is 18.4 Å². The number of ether oxygens (including phenoxy) is 1. The van der Waals surface area contributed by atoms with Crippen LogP contribution >= 0.6 is 0 Å². The minimum atomic E-state index is -0.422. The molecule has 1 aromatic rings. The monoisotopic (exact) mass is 277 g/mol. The van der Waals surface area contributed by atoms with Crippen molar-refractivity contribution < 1.29 is 4.74 Å². The highest BCUT2D eigenvalue weighted by atomic mass is 16.5. The zero-order chi connectivity index (χ0) is 14.8. The largest absolute Gasteiger partial charge is 0.368 e. The lowest BCUT2D eigenvalue weighted by Gasteiger charge is -2.24. The normalized spacial score (nSPS) is 15.7. The van der Waals surface area contributed by atoms with E-state index in [0.29, 0.717) is 6.61 Å². The van der Waals surface area contributed by atoms with E-state index in [0.717, 1.165) is 36.2 Å². The standard InChI is InChI=1S/C16H27N3O/c1-6-20-16(4,5)15-18-11(2)14(12(3)19-15)9-10-17-13-7-8-13/h13,17H,6-10H2,1-5H3. The first-order chi connectivity index (χ1) is 9.44. The predicted octanol–water partition coefficient (Wildman–Crippen LogP) is 2.66. The molecule has 0 spiro atoms. The average Bonchev–Trinajstić information content (AvgIpc) is 3.16. The van der Waals surface area contributed by atoms with E-state index in [4.69, 9.17) is 4.74 Å². The van der Waals surface area contributed by atoms with Crippen molar-refractivity contribution in [2.45, 2.75) is 65.5 Å². The van der Waals surface area contributed by atoms with Crippen molar-refractivity contribution in [1.29, 1.82) is 0 Å². The first-order valence-electron chi connectivity index (χ1n) is 7.66. The molecule has 1 aliphatic rings. The minimum Gasteiger partial charge on any atom is -0.368 e. The molecule has 0 bridgehead atoms. The molecule has 4 heteroatoms. The average molecular weight is 277 g/mol. The molecular weight excluding hydrogens is 250 g/mol. The number of aryl methyl sites for hydroxylation is 2. The quantitative estimate of drug-likeness (QED) is 0.832. The van der Waals surface area contributed by atoms with Gasteiger partial charge in [0.05, 0.1) is 0 Å². The molecule has 1 aromatic heterocycles. The highest BCUT2D eigenvalue weighted by Crippen LogP contribution is 2.23. The van der Waals surface area contributed by atoms with Gasteiger partial charge in [-0.05, 0) is 66.0 Å². The summed E-state index contributed by atoms with van der Waals surface area (Å²) in [7, 11) is 0. The maximum atomic E-state index is 5.75. The minimum absolute atomic E-state index is 0.422. The van der Waals surface area contributed by atoms with Gasteiger partial charge in [-0.15, -0.1) is 0 Å². The van der Waals surface area contributed by atoms with Crippen LogP contribution in [-0.2, 0) is 16.8 Å². The Morgan fingerprint density at radius 3 is 2.30 bits per heavy atom. The van der Waals surface area contributed by atoms with Gasteiger partial charge in [0.15, 0.2) is 5.82 Å². The predicted molar refractivity (Wildman–Crippen MR) is 80.9 cm³/mol. The zero-order valence-corrected chi connectivity index (χ0v) is 13.4. The van der Waals surface area contributed by atoms with Gasteiger partial charge in [-0.25, -0.2) is 9.97 Å². The first-order valence-corrected chi connectivity index (χ1v) is 7.66. The van der Waals surface area contributed by atoms with E-state index < -0.39 is 5.60 Å². The molecule has 1 N–H and O–H groups in total. The van der Waals surface area contributed by atoms with Crippen LogP contribution in [0.25, 0.3) is 0 Å². The van der Waals surface area contributed by atoms with E-state index in [-0.39, 0.29) is 0 Å². The Morgan fingerprint density at radius 1 is 1.20 bits per heavy atom. The fourth-order valence-electron chi connectivity index (χ4n) is 2.48. The van der Waals surface area contributed by atoms with Gasteiger partial charge in [0.25, 0.3) is 0 Å². The molecule has 0 aromatic carbocycles. The van der Waals surface area contributed by atoms with Crippen molar-refractivity contribution in [3.8, 4) is 0 Å². The molecule has 0 radical (unpaired) electrons. The Labute approximate surface area is 122 Å². The molecule has 1 heterocycles. The van der Waals surface area contributed by atoms with Crippen molar-refractivity contribution in [3.05, 3.63) is 22.8 Å². The van der Waals surface area contributed by atoms with Crippen molar-refractivity contribution >= 4 is 0 Å². The second-order valence-corrected chi connectivity index (χ2v) is 6.12. The third kappa shape index (κ3) is 3.76. The summed E-state index contributed by atoms with van der Waals surface area (Å²) in [6.45, 7) is 11.9. The number of hydrogen-bond donors (Lipinski definition) is 1. The third-order valence-electron chi connectivity index (χ3n) is 3.85. The molecular formula is C16H27N3O. The van der Waals surface area contributed by atoms with Crippen LogP contribution < -0.4 is 5.32 Å². The highest BCUT2D eigenvalue weighted by molar-refractivity contribution is 5.26. The summed E-state index contributed by atoms with van der Waals surface area (Å²) in [6, 6.07) is 0.757.